The number of benzene rings is 1. The molecule has 4 N–H and O–H groups in total. The number of hydrogen-bond acceptors (Lipinski definition) is 6. The quantitative estimate of drug-likeness (QED) is 0.389. The van der Waals surface area contributed by atoms with E-state index in [1.165, 1.54) is 19.2 Å². The van der Waals surface area contributed by atoms with Gasteiger partial charge in [-0.3, -0.25) is 4.79 Å². The molecule has 0 atom stereocenters. The number of anilines is 1. The van der Waals surface area contributed by atoms with Gasteiger partial charge in [0.1, 0.15) is 5.75 Å². The Balaban J connectivity index is 2.74. The highest BCUT2D eigenvalue weighted by Crippen LogP contribution is 2.22. The average Bonchev–Trinajstić information content (AvgIpc) is 2.32. The van der Waals surface area contributed by atoms with Gasteiger partial charge in [0.2, 0.25) is 10.0 Å². The molecule has 7 nitrogen and oxygen atoms in total. The minimum Gasteiger partial charge on any atom is -0.506 e. The van der Waals surface area contributed by atoms with Crippen LogP contribution < -0.4 is 10.5 Å². The SMILES string of the molecule is COC(=O)CCNS(=O)(=O)c1ccc(O)c(N)c1. The molecule has 0 bridgehead atoms. The highest BCUT2D eigenvalue weighted by molar-refractivity contribution is 7.89. The van der Waals surface area contributed by atoms with Gasteiger partial charge >= 0.3 is 5.97 Å². The zero-order valence-corrected chi connectivity index (χ0v) is 10.5. The number of nitrogen functional groups attached to an aromatic ring is 1. The molecule has 0 amide bonds. The third-order valence-corrected chi connectivity index (χ3v) is 3.62. The van der Waals surface area contributed by atoms with E-state index in [9.17, 15) is 18.3 Å². The first kappa shape index (κ1) is 14.3. The lowest BCUT2D eigenvalue weighted by atomic mass is 10.3. The molecule has 18 heavy (non-hydrogen) atoms. The molecular weight excluding hydrogens is 260 g/mol. The summed E-state index contributed by atoms with van der Waals surface area (Å²) in [6.45, 7) is -0.0736. The minimum absolute atomic E-state index is 0.0363. The number of carbonyl (C=O) groups excluding carboxylic acids is 1. The first-order valence-corrected chi connectivity index (χ1v) is 6.50. The summed E-state index contributed by atoms with van der Waals surface area (Å²) in [5, 5.41) is 9.19. The molecule has 0 spiro atoms. The largest absolute Gasteiger partial charge is 0.506 e. The van der Waals surface area contributed by atoms with Crippen molar-refractivity contribution >= 4 is 21.7 Å². The number of nitrogens with one attached hydrogen (secondary N) is 1. The van der Waals surface area contributed by atoms with Gasteiger partial charge in [0, 0.05) is 6.54 Å². The van der Waals surface area contributed by atoms with E-state index in [4.69, 9.17) is 5.73 Å². The van der Waals surface area contributed by atoms with E-state index < -0.39 is 16.0 Å². The molecule has 8 heteroatoms. The van der Waals surface area contributed by atoms with Crippen LogP contribution in [0, 0.1) is 0 Å². The van der Waals surface area contributed by atoms with Gasteiger partial charge in [-0.15, -0.1) is 0 Å². The predicted molar refractivity (Wildman–Crippen MR) is 64.3 cm³/mol. The second-order valence-electron chi connectivity index (χ2n) is 3.44. The van der Waals surface area contributed by atoms with E-state index in [0.29, 0.717) is 0 Å². The molecule has 100 valence electrons. The van der Waals surface area contributed by atoms with Crippen LogP contribution in [-0.2, 0) is 19.6 Å². The second-order valence-corrected chi connectivity index (χ2v) is 5.21. The topological polar surface area (TPSA) is 119 Å². The normalized spacial score (nSPS) is 11.2. The third-order valence-electron chi connectivity index (χ3n) is 2.16. The molecule has 0 aromatic heterocycles. The lowest BCUT2D eigenvalue weighted by Gasteiger charge is -2.07. The van der Waals surface area contributed by atoms with Crippen molar-refractivity contribution in [3.8, 4) is 5.75 Å². The van der Waals surface area contributed by atoms with Crippen molar-refractivity contribution in [3.05, 3.63) is 18.2 Å². The average molecular weight is 274 g/mol. The van der Waals surface area contributed by atoms with Gasteiger partial charge in [-0.05, 0) is 18.2 Å². The summed E-state index contributed by atoms with van der Waals surface area (Å²) < 4.78 is 30.1. The van der Waals surface area contributed by atoms with Gasteiger partial charge < -0.3 is 15.6 Å². The Kier molecular flexibility index (Phi) is 4.51. The number of phenols is 1. The van der Waals surface area contributed by atoms with Crippen molar-refractivity contribution in [1.29, 1.82) is 0 Å². The van der Waals surface area contributed by atoms with Crippen molar-refractivity contribution in [2.24, 2.45) is 0 Å². The van der Waals surface area contributed by atoms with E-state index in [0.717, 1.165) is 6.07 Å². The van der Waals surface area contributed by atoms with E-state index in [2.05, 4.69) is 9.46 Å². The Morgan fingerprint density at radius 2 is 2.17 bits per heavy atom. The van der Waals surface area contributed by atoms with Crippen LogP contribution in [0.2, 0.25) is 0 Å². The third kappa shape index (κ3) is 3.60. The van der Waals surface area contributed by atoms with E-state index in [1.54, 1.807) is 0 Å². The zero-order valence-electron chi connectivity index (χ0n) is 9.71. The number of carbonyl (C=O) groups is 1. The fraction of sp³-hybridized carbons (Fsp3) is 0.300. The Morgan fingerprint density at radius 3 is 2.72 bits per heavy atom. The van der Waals surface area contributed by atoms with Crippen molar-refractivity contribution in [3.63, 3.8) is 0 Å². The van der Waals surface area contributed by atoms with Crippen molar-refractivity contribution in [1.82, 2.24) is 4.72 Å². The Hall–Kier alpha value is -1.80. The number of methoxy groups -OCH3 is 1. The summed E-state index contributed by atoms with van der Waals surface area (Å²) in [7, 11) is -2.53. The first-order chi connectivity index (χ1) is 8.36. The summed E-state index contributed by atoms with van der Waals surface area (Å²) in [6, 6.07) is 3.53. The highest BCUT2D eigenvalue weighted by atomic mass is 32.2. The van der Waals surface area contributed by atoms with Crippen molar-refractivity contribution in [2.75, 3.05) is 19.4 Å². The molecule has 1 aromatic carbocycles. The molecule has 0 aliphatic carbocycles. The maximum Gasteiger partial charge on any atom is 0.306 e. The number of phenolic OH excluding ortho intramolecular Hbond substituents is 1. The van der Waals surface area contributed by atoms with Crippen LogP contribution >= 0.6 is 0 Å². The summed E-state index contributed by atoms with van der Waals surface area (Å²) in [5.41, 5.74) is 5.36. The molecule has 0 saturated heterocycles. The Morgan fingerprint density at radius 1 is 1.50 bits per heavy atom. The van der Waals surface area contributed by atoms with Gasteiger partial charge in [0.25, 0.3) is 0 Å². The van der Waals surface area contributed by atoms with Crippen LogP contribution in [-0.4, -0.2) is 33.1 Å². The van der Waals surface area contributed by atoms with Gasteiger partial charge in [-0.1, -0.05) is 0 Å². The van der Waals surface area contributed by atoms with Crippen LogP contribution in [0.1, 0.15) is 6.42 Å². The van der Waals surface area contributed by atoms with Gasteiger partial charge in [0.15, 0.2) is 0 Å². The lowest BCUT2D eigenvalue weighted by molar-refractivity contribution is -0.140. The number of nitrogens with two attached hydrogens (primary N) is 1. The van der Waals surface area contributed by atoms with Crippen LogP contribution in [0.5, 0.6) is 5.75 Å². The number of hydrogen-bond donors (Lipinski definition) is 3. The smallest absolute Gasteiger partial charge is 0.306 e. The van der Waals surface area contributed by atoms with Gasteiger partial charge in [-0.25, -0.2) is 13.1 Å². The molecule has 0 fully saturated rings. The molecule has 1 aromatic rings. The predicted octanol–water partition coefficient (Wildman–Crippen LogP) is -0.184. The Bertz CT molecular complexity index is 541. The monoisotopic (exact) mass is 274 g/mol. The van der Waals surface area contributed by atoms with Gasteiger partial charge in [0.05, 0.1) is 24.1 Å². The number of esters is 1. The van der Waals surface area contributed by atoms with E-state index in [1.807, 2.05) is 0 Å². The lowest BCUT2D eigenvalue weighted by Crippen LogP contribution is -2.26. The van der Waals surface area contributed by atoms with Crippen molar-refractivity contribution in [2.45, 2.75) is 11.3 Å². The molecule has 0 heterocycles. The molecule has 1 rings (SSSR count). The fourth-order valence-electron chi connectivity index (χ4n) is 1.17. The maximum absolute atomic E-state index is 11.8. The molecule has 0 aliphatic rings. The van der Waals surface area contributed by atoms with E-state index >= 15 is 0 Å². The van der Waals surface area contributed by atoms with Crippen LogP contribution in [0.25, 0.3) is 0 Å². The fourth-order valence-corrected chi connectivity index (χ4v) is 2.24. The summed E-state index contributed by atoms with van der Waals surface area (Å²) in [5.74, 6) is -0.702. The number of ether oxygens (including phenoxy) is 1. The summed E-state index contributed by atoms with van der Waals surface area (Å²) in [4.78, 5) is 10.7. The Labute approximate surface area is 105 Å². The van der Waals surface area contributed by atoms with Crippen molar-refractivity contribution < 1.29 is 23.1 Å². The van der Waals surface area contributed by atoms with E-state index in [-0.39, 0.29) is 29.3 Å². The molecule has 0 unspecified atom stereocenters. The number of aromatic hydroxyl groups is 1. The van der Waals surface area contributed by atoms with Gasteiger partial charge in [-0.2, -0.15) is 0 Å². The summed E-state index contributed by atoms with van der Waals surface area (Å²) >= 11 is 0. The molecule has 0 saturated carbocycles. The standard InChI is InChI=1S/C10H14N2O5S/c1-17-10(14)4-5-12-18(15,16)7-2-3-9(13)8(11)6-7/h2-3,6,12-13H,4-5,11H2,1H3. The molecular formula is C10H14N2O5S. The number of rotatable bonds is 5. The summed E-state index contributed by atoms with van der Waals surface area (Å²) in [6.07, 6.45) is -0.0662. The van der Waals surface area contributed by atoms with Crippen LogP contribution in [0.3, 0.4) is 0 Å². The maximum atomic E-state index is 11.8. The molecule has 0 aliphatic heterocycles. The minimum atomic E-state index is -3.75. The van der Waals surface area contributed by atoms with Crippen LogP contribution in [0.4, 0.5) is 5.69 Å². The zero-order chi connectivity index (χ0) is 13.8. The second kappa shape index (κ2) is 5.69. The molecule has 0 radical (unpaired) electrons. The first-order valence-electron chi connectivity index (χ1n) is 5.02. The highest BCUT2D eigenvalue weighted by Gasteiger charge is 2.15. The van der Waals surface area contributed by atoms with Crippen LogP contribution in [0.15, 0.2) is 23.1 Å². The number of sulfonamides is 1.